The first-order valence-corrected chi connectivity index (χ1v) is 5.89. The maximum absolute atomic E-state index is 9.07. The van der Waals surface area contributed by atoms with E-state index in [1.807, 2.05) is 30.5 Å². The number of pyridine rings is 1. The van der Waals surface area contributed by atoms with Crippen molar-refractivity contribution in [3.8, 4) is 6.07 Å². The number of rotatable bonds is 3. The molecule has 0 aliphatic heterocycles. The maximum Gasteiger partial charge on any atom is 0.122 e. The highest BCUT2D eigenvalue weighted by molar-refractivity contribution is 5.57. The fourth-order valence-corrected chi connectivity index (χ4v) is 2.11. The van der Waals surface area contributed by atoms with Crippen LogP contribution >= 0.6 is 0 Å². The number of hydrogen-bond acceptors (Lipinski definition) is 3. The van der Waals surface area contributed by atoms with E-state index >= 15 is 0 Å². The Hall–Kier alpha value is -2.28. The third kappa shape index (κ3) is 2.07. The molecule has 2 aromatic heterocycles. The molecule has 0 amide bonds. The summed E-state index contributed by atoms with van der Waals surface area (Å²) in [6, 6.07) is 6.15. The normalized spacial score (nSPS) is 10.3. The van der Waals surface area contributed by atoms with E-state index in [1.165, 1.54) is 5.56 Å². The number of nitrogen functional groups attached to an aromatic ring is 1. The quantitative estimate of drug-likeness (QED) is 0.894. The van der Waals surface area contributed by atoms with Gasteiger partial charge in [-0.05, 0) is 43.5 Å². The van der Waals surface area contributed by atoms with Gasteiger partial charge in [0.2, 0.25) is 0 Å². The molecule has 0 saturated heterocycles. The van der Waals surface area contributed by atoms with Gasteiger partial charge in [-0.2, -0.15) is 5.26 Å². The van der Waals surface area contributed by atoms with Crippen molar-refractivity contribution in [1.82, 2.24) is 9.55 Å². The van der Waals surface area contributed by atoms with Crippen LogP contribution in [0.1, 0.15) is 22.4 Å². The molecular weight excluding hydrogens is 224 g/mol. The summed E-state index contributed by atoms with van der Waals surface area (Å²) in [6.07, 6.45) is 4.45. The van der Waals surface area contributed by atoms with Crippen molar-refractivity contribution in [3.05, 3.63) is 46.9 Å². The maximum atomic E-state index is 9.07. The van der Waals surface area contributed by atoms with E-state index in [1.54, 1.807) is 12.4 Å². The fraction of sp³-hybridized carbons (Fsp3) is 0.286. The number of aromatic nitrogens is 2. The van der Waals surface area contributed by atoms with E-state index < -0.39 is 0 Å². The largest absolute Gasteiger partial charge is 0.384 e. The average Bonchev–Trinajstić information content (AvgIpc) is 2.60. The monoisotopic (exact) mass is 240 g/mol. The first-order valence-electron chi connectivity index (χ1n) is 5.89. The van der Waals surface area contributed by atoms with Crippen LogP contribution in [0.15, 0.2) is 24.5 Å². The summed E-state index contributed by atoms with van der Waals surface area (Å²) in [5, 5.41) is 9.07. The van der Waals surface area contributed by atoms with E-state index in [0.717, 1.165) is 24.2 Å². The van der Waals surface area contributed by atoms with Crippen LogP contribution in [-0.2, 0) is 13.0 Å². The van der Waals surface area contributed by atoms with Crippen molar-refractivity contribution in [2.24, 2.45) is 0 Å². The number of nitrogens with two attached hydrogens (primary N) is 1. The van der Waals surface area contributed by atoms with Gasteiger partial charge in [0.1, 0.15) is 11.9 Å². The lowest BCUT2D eigenvalue weighted by Gasteiger charge is -2.08. The molecule has 2 aromatic rings. The zero-order valence-corrected chi connectivity index (χ0v) is 10.6. The smallest absolute Gasteiger partial charge is 0.122 e. The molecule has 2 rings (SSSR count). The van der Waals surface area contributed by atoms with E-state index in [9.17, 15) is 0 Å². The molecule has 0 spiro atoms. The lowest BCUT2D eigenvalue weighted by Crippen LogP contribution is -2.07. The number of anilines is 1. The average molecular weight is 240 g/mol. The predicted octanol–water partition coefficient (Wildman–Crippen LogP) is 2.20. The van der Waals surface area contributed by atoms with Crippen LogP contribution in [0.25, 0.3) is 0 Å². The number of nitriles is 1. The first kappa shape index (κ1) is 12.2. The summed E-state index contributed by atoms with van der Waals surface area (Å²) in [5.74, 6) is 0.571. The molecular formula is C14H16N4. The van der Waals surface area contributed by atoms with Gasteiger partial charge in [0, 0.05) is 24.6 Å². The summed E-state index contributed by atoms with van der Waals surface area (Å²) in [6.45, 7) is 4.72. The molecule has 0 aliphatic carbocycles. The number of hydrogen-bond donors (Lipinski definition) is 1. The molecule has 0 aromatic carbocycles. The second-order valence-corrected chi connectivity index (χ2v) is 4.34. The molecule has 0 fully saturated rings. The van der Waals surface area contributed by atoms with Gasteiger partial charge in [-0.1, -0.05) is 0 Å². The Bertz CT molecular complexity index is 590. The van der Waals surface area contributed by atoms with Crippen molar-refractivity contribution in [1.29, 1.82) is 5.26 Å². The van der Waals surface area contributed by atoms with Gasteiger partial charge in [0.05, 0.1) is 5.56 Å². The van der Waals surface area contributed by atoms with Crippen LogP contribution in [0.2, 0.25) is 0 Å². The van der Waals surface area contributed by atoms with Gasteiger partial charge in [0.15, 0.2) is 0 Å². The van der Waals surface area contributed by atoms with Gasteiger partial charge in [0.25, 0.3) is 0 Å². The Labute approximate surface area is 107 Å². The molecule has 4 heteroatoms. The van der Waals surface area contributed by atoms with Crippen LogP contribution < -0.4 is 5.73 Å². The highest BCUT2D eigenvalue weighted by Gasteiger charge is 2.14. The van der Waals surface area contributed by atoms with E-state index in [2.05, 4.69) is 11.1 Å². The predicted molar refractivity (Wildman–Crippen MR) is 71.0 cm³/mol. The molecule has 18 heavy (non-hydrogen) atoms. The summed E-state index contributed by atoms with van der Waals surface area (Å²) in [5.41, 5.74) is 9.87. The zero-order chi connectivity index (χ0) is 13.1. The zero-order valence-electron chi connectivity index (χ0n) is 10.6. The van der Waals surface area contributed by atoms with Crippen LogP contribution in [0.3, 0.4) is 0 Å². The Morgan fingerprint density at radius 3 is 2.56 bits per heavy atom. The van der Waals surface area contributed by atoms with E-state index in [-0.39, 0.29) is 0 Å². The van der Waals surface area contributed by atoms with Crippen molar-refractivity contribution < 1.29 is 0 Å². The van der Waals surface area contributed by atoms with Gasteiger partial charge >= 0.3 is 0 Å². The van der Waals surface area contributed by atoms with E-state index in [4.69, 9.17) is 11.0 Å². The summed E-state index contributed by atoms with van der Waals surface area (Å²) in [4.78, 5) is 3.99. The van der Waals surface area contributed by atoms with Crippen LogP contribution in [-0.4, -0.2) is 9.55 Å². The molecule has 0 radical (unpaired) electrons. The molecule has 0 atom stereocenters. The number of aryl methyl sites for hydroxylation is 1. The lowest BCUT2D eigenvalue weighted by atomic mass is 10.2. The Kier molecular flexibility index (Phi) is 3.33. The van der Waals surface area contributed by atoms with Crippen molar-refractivity contribution in [3.63, 3.8) is 0 Å². The minimum atomic E-state index is 0.571. The number of nitrogens with zero attached hydrogens (tertiary/aromatic N) is 3. The van der Waals surface area contributed by atoms with Crippen molar-refractivity contribution in [2.75, 3.05) is 5.73 Å². The second-order valence-electron chi connectivity index (χ2n) is 4.34. The van der Waals surface area contributed by atoms with Gasteiger partial charge in [-0.25, -0.2) is 0 Å². The molecule has 0 unspecified atom stereocenters. The standard InChI is InChI=1S/C14H16N4/c1-10-11(2)18(14(16)13(10)9-15)8-5-12-3-6-17-7-4-12/h3-4,6-7H,5,8,16H2,1-2H3. The van der Waals surface area contributed by atoms with Crippen molar-refractivity contribution >= 4 is 5.82 Å². The Balaban J connectivity index is 2.23. The third-order valence-corrected chi connectivity index (χ3v) is 3.35. The van der Waals surface area contributed by atoms with Gasteiger partial charge < -0.3 is 10.3 Å². The fourth-order valence-electron chi connectivity index (χ4n) is 2.11. The molecule has 0 aliphatic rings. The highest BCUT2D eigenvalue weighted by atomic mass is 15.1. The third-order valence-electron chi connectivity index (χ3n) is 3.35. The molecule has 92 valence electrons. The SMILES string of the molecule is Cc1c(C#N)c(N)n(CCc2ccncc2)c1C. The first-order chi connectivity index (χ1) is 8.65. The van der Waals surface area contributed by atoms with Gasteiger partial charge in [-0.15, -0.1) is 0 Å². The Morgan fingerprint density at radius 2 is 2.00 bits per heavy atom. The minimum Gasteiger partial charge on any atom is -0.384 e. The minimum absolute atomic E-state index is 0.571. The summed E-state index contributed by atoms with van der Waals surface area (Å²) >= 11 is 0. The molecule has 2 N–H and O–H groups in total. The van der Waals surface area contributed by atoms with Crippen LogP contribution in [0.5, 0.6) is 0 Å². The van der Waals surface area contributed by atoms with Crippen LogP contribution in [0, 0.1) is 25.2 Å². The molecule has 0 bridgehead atoms. The molecule has 4 nitrogen and oxygen atoms in total. The summed E-state index contributed by atoms with van der Waals surface area (Å²) < 4.78 is 2.01. The molecule has 0 saturated carbocycles. The second kappa shape index (κ2) is 4.92. The topological polar surface area (TPSA) is 67.6 Å². The highest BCUT2D eigenvalue weighted by Crippen LogP contribution is 2.23. The van der Waals surface area contributed by atoms with E-state index in [0.29, 0.717) is 11.4 Å². The van der Waals surface area contributed by atoms with Crippen LogP contribution in [0.4, 0.5) is 5.82 Å². The Morgan fingerprint density at radius 1 is 1.33 bits per heavy atom. The van der Waals surface area contributed by atoms with Crippen molar-refractivity contribution in [2.45, 2.75) is 26.8 Å². The lowest BCUT2D eigenvalue weighted by molar-refractivity contribution is 0.688. The summed E-state index contributed by atoms with van der Waals surface area (Å²) in [7, 11) is 0. The molecule has 2 heterocycles. The van der Waals surface area contributed by atoms with Gasteiger partial charge in [-0.3, -0.25) is 4.98 Å².